The summed E-state index contributed by atoms with van der Waals surface area (Å²) in [5, 5.41) is 21.4. The summed E-state index contributed by atoms with van der Waals surface area (Å²) in [6.07, 6.45) is 2.42. The molecule has 1 aromatic carbocycles. The minimum absolute atomic E-state index is 0.00439. The van der Waals surface area contributed by atoms with Crippen LogP contribution in [0.25, 0.3) is 0 Å². The topological polar surface area (TPSA) is 121 Å². The SMILES string of the molecule is CCn1ncc([N+](=O)[O-])c1C(=O)Nc1ncn(Cc2ccc(F)cc2)n1. The molecule has 0 aliphatic heterocycles. The third-order valence-electron chi connectivity index (χ3n) is 3.55. The highest BCUT2D eigenvalue weighted by atomic mass is 19.1. The predicted molar refractivity (Wildman–Crippen MR) is 88.0 cm³/mol. The summed E-state index contributed by atoms with van der Waals surface area (Å²) in [5.41, 5.74) is 0.233. The maximum atomic E-state index is 12.9. The molecule has 3 rings (SSSR count). The number of hydrogen-bond donors (Lipinski definition) is 1. The molecule has 0 aliphatic carbocycles. The van der Waals surface area contributed by atoms with Crippen LogP contribution in [-0.4, -0.2) is 35.4 Å². The van der Waals surface area contributed by atoms with Gasteiger partial charge in [-0.3, -0.25) is 24.9 Å². The van der Waals surface area contributed by atoms with Crippen molar-refractivity contribution in [1.82, 2.24) is 24.5 Å². The van der Waals surface area contributed by atoms with Crippen LogP contribution >= 0.6 is 0 Å². The van der Waals surface area contributed by atoms with E-state index in [-0.39, 0.29) is 17.5 Å². The molecule has 0 atom stereocenters. The predicted octanol–water partition coefficient (Wildman–Crippen LogP) is 1.84. The molecule has 1 N–H and O–H groups in total. The average molecular weight is 359 g/mol. The van der Waals surface area contributed by atoms with Crippen molar-refractivity contribution < 1.29 is 14.1 Å². The zero-order chi connectivity index (χ0) is 18.7. The van der Waals surface area contributed by atoms with E-state index in [9.17, 15) is 19.3 Å². The van der Waals surface area contributed by atoms with Gasteiger partial charge in [-0.05, 0) is 24.6 Å². The molecular weight excluding hydrogens is 345 g/mol. The number of benzene rings is 1. The van der Waals surface area contributed by atoms with E-state index in [4.69, 9.17) is 0 Å². The molecular formula is C15H14FN7O3. The van der Waals surface area contributed by atoms with Crippen LogP contribution < -0.4 is 5.32 Å². The summed E-state index contributed by atoms with van der Waals surface area (Å²) < 4.78 is 15.6. The lowest BCUT2D eigenvalue weighted by atomic mass is 10.2. The first kappa shape index (κ1) is 17.2. The highest BCUT2D eigenvalue weighted by Gasteiger charge is 2.27. The number of amides is 1. The maximum Gasteiger partial charge on any atom is 0.320 e. The number of hydrogen-bond acceptors (Lipinski definition) is 6. The molecule has 0 unspecified atom stereocenters. The third kappa shape index (κ3) is 3.55. The fraction of sp³-hybridized carbons (Fsp3) is 0.200. The number of carbonyl (C=O) groups is 1. The molecule has 0 bridgehead atoms. The number of rotatable bonds is 6. The van der Waals surface area contributed by atoms with Crippen LogP contribution in [0, 0.1) is 15.9 Å². The smallest absolute Gasteiger partial charge is 0.288 e. The lowest BCUT2D eigenvalue weighted by Crippen LogP contribution is -2.19. The van der Waals surface area contributed by atoms with Gasteiger partial charge in [0.2, 0.25) is 11.6 Å². The molecule has 3 aromatic rings. The van der Waals surface area contributed by atoms with Crippen molar-refractivity contribution >= 4 is 17.5 Å². The molecule has 0 radical (unpaired) electrons. The Morgan fingerprint density at radius 2 is 2.08 bits per heavy atom. The van der Waals surface area contributed by atoms with Crippen molar-refractivity contribution in [1.29, 1.82) is 0 Å². The number of nitrogens with zero attached hydrogens (tertiary/aromatic N) is 6. The summed E-state index contributed by atoms with van der Waals surface area (Å²) in [6.45, 7) is 2.34. The zero-order valence-electron chi connectivity index (χ0n) is 13.7. The normalized spacial score (nSPS) is 10.7. The van der Waals surface area contributed by atoms with Crippen LogP contribution in [0.15, 0.2) is 36.8 Å². The summed E-state index contributed by atoms with van der Waals surface area (Å²) >= 11 is 0. The lowest BCUT2D eigenvalue weighted by molar-refractivity contribution is -0.385. The van der Waals surface area contributed by atoms with Gasteiger partial charge in [0.15, 0.2) is 0 Å². The molecule has 0 saturated heterocycles. The zero-order valence-corrected chi connectivity index (χ0v) is 13.7. The minimum atomic E-state index is -0.726. The van der Waals surface area contributed by atoms with Crippen molar-refractivity contribution in [3.63, 3.8) is 0 Å². The van der Waals surface area contributed by atoms with Gasteiger partial charge in [0.1, 0.15) is 18.3 Å². The van der Waals surface area contributed by atoms with E-state index in [0.717, 1.165) is 11.8 Å². The molecule has 0 saturated carbocycles. The Labute approximate surface area is 146 Å². The number of aryl methyl sites for hydroxylation is 1. The van der Waals surface area contributed by atoms with Gasteiger partial charge in [-0.25, -0.2) is 14.1 Å². The van der Waals surface area contributed by atoms with Crippen molar-refractivity contribution in [3.05, 3.63) is 64.0 Å². The van der Waals surface area contributed by atoms with Crippen LogP contribution in [0.5, 0.6) is 0 Å². The molecule has 26 heavy (non-hydrogen) atoms. The Morgan fingerprint density at radius 3 is 2.73 bits per heavy atom. The first-order valence-corrected chi connectivity index (χ1v) is 7.63. The van der Waals surface area contributed by atoms with Gasteiger partial charge in [0.05, 0.1) is 11.5 Å². The highest BCUT2D eigenvalue weighted by molar-refractivity contribution is 6.04. The summed E-state index contributed by atoms with van der Waals surface area (Å²) in [7, 11) is 0. The molecule has 134 valence electrons. The van der Waals surface area contributed by atoms with E-state index in [1.807, 2.05) is 0 Å². The molecule has 1 amide bonds. The molecule has 0 aliphatic rings. The van der Waals surface area contributed by atoms with E-state index in [0.29, 0.717) is 13.1 Å². The van der Waals surface area contributed by atoms with Gasteiger partial charge >= 0.3 is 5.69 Å². The maximum absolute atomic E-state index is 12.9. The van der Waals surface area contributed by atoms with E-state index < -0.39 is 16.5 Å². The first-order valence-electron chi connectivity index (χ1n) is 7.63. The van der Waals surface area contributed by atoms with Crippen molar-refractivity contribution in [2.45, 2.75) is 20.0 Å². The van der Waals surface area contributed by atoms with Crippen LogP contribution in [-0.2, 0) is 13.1 Å². The highest BCUT2D eigenvalue weighted by Crippen LogP contribution is 2.18. The van der Waals surface area contributed by atoms with Crippen LogP contribution in [0.4, 0.5) is 16.0 Å². The Hall–Kier alpha value is -3.63. The summed E-state index contributed by atoms with van der Waals surface area (Å²) in [5.74, 6) is -1.07. The Kier molecular flexibility index (Phi) is 4.69. The number of carbonyl (C=O) groups excluding carboxylic acids is 1. The second-order valence-corrected chi connectivity index (χ2v) is 5.30. The third-order valence-corrected chi connectivity index (χ3v) is 3.55. The second kappa shape index (κ2) is 7.09. The number of halogens is 1. The van der Waals surface area contributed by atoms with E-state index in [1.54, 1.807) is 19.1 Å². The van der Waals surface area contributed by atoms with E-state index in [2.05, 4.69) is 20.5 Å². The molecule has 0 fully saturated rings. The van der Waals surface area contributed by atoms with Crippen molar-refractivity contribution in [2.75, 3.05) is 5.32 Å². The van der Waals surface area contributed by atoms with E-state index >= 15 is 0 Å². The summed E-state index contributed by atoms with van der Waals surface area (Å²) in [6, 6.07) is 5.89. The standard InChI is InChI=1S/C15H14FN7O3/c1-2-22-13(12(7-18-22)23(25)26)14(24)19-15-17-9-21(20-15)8-10-3-5-11(16)6-4-10/h3-7,9H,2,8H2,1H3,(H,19,20,24). The van der Waals surface area contributed by atoms with Crippen LogP contribution in [0.1, 0.15) is 23.0 Å². The van der Waals surface area contributed by atoms with Gasteiger partial charge in [0, 0.05) is 6.54 Å². The average Bonchev–Trinajstić information content (AvgIpc) is 3.23. The van der Waals surface area contributed by atoms with Crippen LogP contribution in [0.2, 0.25) is 0 Å². The molecule has 10 nitrogen and oxygen atoms in total. The van der Waals surface area contributed by atoms with Gasteiger partial charge in [-0.1, -0.05) is 12.1 Å². The second-order valence-electron chi connectivity index (χ2n) is 5.30. The molecule has 2 heterocycles. The molecule has 2 aromatic heterocycles. The number of nitro groups is 1. The van der Waals surface area contributed by atoms with Crippen molar-refractivity contribution in [2.24, 2.45) is 0 Å². The largest absolute Gasteiger partial charge is 0.320 e. The number of anilines is 1. The van der Waals surface area contributed by atoms with Crippen LogP contribution in [0.3, 0.4) is 0 Å². The van der Waals surface area contributed by atoms with Gasteiger partial charge in [0.25, 0.3) is 5.91 Å². The summed E-state index contributed by atoms with van der Waals surface area (Å²) in [4.78, 5) is 26.7. The Balaban J connectivity index is 1.75. The Morgan fingerprint density at radius 1 is 1.35 bits per heavy atom. The lowest BCUT2D eigenvalue weighted by Gasteiger charge is -2.03. The number of nitrogens with one attached hydrogen (secondary N) is 1. The fourth-order valence-corrected chi connectivity index (χ4v) is 2.35. The monoisotopic (exact) mass is 359 g/mol. The Bertz CT molecular complexity index is 949. The molecule has 0 spiro atoms. The van der Waals surface area contributed by atoms with E-state index in [1.165, 1.54) is 27.8 Å². The van der Waals surface area contributed by atoms with Gasteiger partial charge < -0.3 is 0 Å². The van der Waals surface area contributed by atoms with Gasteiger partial charge in [-0.15, -0.1) is 5.10 Å². The van der Waals surface area contributed by atoms with Crippen molar-refractivity contribution in [3.8, 4) is 0 Å². The quantitative estimate of drug-likeness (QED) is 0.529. The number of aromatic nitrogens is 5. The minimum Gasteiger partial charge on any atom is -0.288 e. The molecule has 11 heteroatoms. The first-order chi connectivity index (χ1) is 12.5. The van der Waals surface area contributed by atoms with Gasteiger partial charge in [-0.2, -0.15) is 5.10 Å². The fourth-order valence-electron chi connectivity index (χ4n) is 2.35.